The summed E-state index contributed by atoms with van der Waals surface area (Å²) in [6.45, 7) is 5.05. The van der Waals surface area contributed by atoms with Crippen molar-refractivity contribution < 1.29 is 8.42 Å². The van der Waals surface area contributed by atoms with Gasteiger partial charge in [0, 0.05) is 38.8 Å². The summed E-state index contributed by atoms with van der Waals surface area (Å²) >= 11 is 0. The van der Waals surface area contributed by atoms with Gasteiger partial charge in [0.15, 0.2) is 0 Å². The van der Waals surface area contributed by atoms with Crippen LogP contribution < -0.4 is 5.32 Å². The molecule has 0 unspecified atom stereocenters. The van der Waals surface area contributed by atoms with E-state index in [0.717, 1.165) is 25.1 Å². The zero-order valence-corrected chi connectivity index (χ0v) is 13.8. The van der Waals surface area contributed by atoms with Gasteiger partial charge >= 0.3 is 0 Å². The van der Waals surface area contributed by atoms with E-state index in [4.69, 9.17) is 0 Å². The maximum atomic E-state index is 12.8. The van der Waals surface area contributed by atoms with Crippen molar-refractivity contribution in [1.29, 1.82) is 0 Å². The Hall–Kier alpha value is -0.660. The largest absolute Gasteiger partial charge is 0.314 e. The van der Waals surface area contributed by atoms with Crippen molar-refractivity contribution in [3.05, 3.63) is 35.4 Å². The lowest BCUT2D eigenvalue weighted by molar-refractivity contribution is 0.252. The Morgan fingerprint density at radius 3 is 2.62 bits per heavy atom. The van der Waals surface area contributed by atoms with Gasteiger partial charge in [-0.2, -0.15) is 17.0 Å². The van der Waals surface area contributed by atoms with Crippen LogP contribution in [0, 0.1) is 0 Å². The number of fused-ring (bicyclic) bond motifs is 1. The molecule has 0 aliphatic carbocycles. The number of hydrogen-bond acceptors (Lipinski definition) is 3. The first-order valence-corrected chi connectivity index (χ1v) is 8.53. The quantitative estimate of drug-likeness (QED) is 0.880. The Morgan fingerprint density at radius 2 is 1.90 bits per heavy atom. The zero-order valence-electron chi connectivity index (χ0n) is 12.2. The number of piperazine rings is 1. The average molecular weight is 332 g/mol. The van der Waals surface area contributed by atoms with Crippen molar-refractivity contribution in [2.24, 2.45) is 0 Å². The lowest BCUT2D eigenvalue weighted by Crippen LogP contribution is -2.56. The fraction of sp³-hybridized carbons (Fsp3) is 0.571. The summed E-state index contributed by atoms with van der Waals surface area (Å²) in [6.07, 6.45) is 0.801. The van der Waals surface area contributed by atoms with E-state index in [-0.39, 0.29) is 18.4 Å². The molecule has 0 amide bonds. The molecule has 2 heterocycles. The Balaban J connectivity index is 0.00000161. The van der Waals surface area contributed by atoms with Crippen LogP contribution in [0.15, 0.2) is 24.3 Å². The highest BCUT2D eigenvalue weighted by molar-refractivity contribution is 7.86. The van der Waals surface area contributed by atoms with Crippen molar-refractivity contribution in [2.75, 3.05) is 26.2 Å². The van der Waals surface area contributed by atoms with E-state index in [1.807, 2.05) is 25.1 Å². The van der Waals surface area contributed by atoms with E-state index in [1.54, 1.807) is 8.61 Å². The van der Waals surface area contributed by atoms with Gasteiger partial charge in [0.1, 0.15) is 0 Å². The van der Waals surface area contributed by atoms with Crippen molar-refractivity contribution in [3.63, 3.8) is 0 Å². The second-order valence-electron chi connectivity index (χ2n) is 5.52. The van der Waals surface area contributed by atoms with Gasteiger partial charge in [-0.3, -0.25) is 0 Å². The molecule has 7 heteroatoms. The lowest BCUT2D eigenvalue weighted by Gasteiger charge is -2.38. The van der Waals surface area contributed by atoms with Crippen molar-refractivity contribution >= 4 is 22.6 Å². The van der Waals surface area contributed by atoms with Crippen LogP contribution >= 0.6 is 12.4 Å². The molecular weight excluding hydrogens is 310 g/mol. The van der Waals surface area contributed by atoms with Crippen molar-refractivity contribution in [2.45, 2.75) is 25.9 Å². The fourth-order valence-corrected chi connectivity index (χ4v) is 4.75. The van der Waals surface area contributed by atoms with Crippen LogP contribution in [0.4, 0.5) is 0 Å². The maximum absolute atomic E-state index is 12.8. The number of benzene rings is 1. The summed E-state index contributed by atoms with van der Waals surface area (Å²) in [5.74, 6) is 0. The molecule has 1 aromatic rings. The van der Waals surface area contributed by atoms with Crippen LogP contribution in [0.1, 0.15) is 18.1 Å². The van der Waals surface area contributed by atoms with Gasteiger partial charge in [0.2, 0.25) is 0 Å². The number of nitrogens with zero attached hydrogens (tertiary/aromatic N) is 2. The van der Waals surface area contributed by atoms with Gasteiger partial charge in [0.05, 0.1) is 0 Å². The normalized spacial score (nSPS) is 24.1. The summed E-state index contributed by atoms with van der Waals surface area (Å²) in [6, 6.07) is 8.13. The van der Waals surface area contributed by atoms with Gasteiger partial charge in [-0.25, -0.2) is 0 Å². The van der Waals surface area contributed by atoms with Gasteiger partial charge in [-0.1, -0.05) is 24.3 Å². The number of rotatable bonds is 2. The maximum Gasteiger partial charge on any atom is 0.282 e. The van der Waals surface area contributed by atoms with Crippen LogP contribution in [-0.2, 0) is 23.2 Å². The summed E-state index contributed by atoms with van der Waals surface area (Å²) in [5.41, 5.74) is 2.40. The minimum Gasteiger partial charge on any atom is -0.314 e. The molecule has 21 heavy (non-hydrogen) atoms. The summed E-state index contributed by atoms with van der Waals surface area (Å²) in [7, 11) is -3.35. The summed E-state index contributed by atoms with van der Waals surface area (Å²) in [5, 5.41) is 3.23. The Bertz CT molecular complexity index is 594. The highest BCUT2D eigenvalue weighted by atomic mass is 35.5. The molecule has 0 saturated carbocycles. The predicted octanol–water partition coefficient (Wildman–Crippen LogP) is 1.01. The van der Waals surface area contributed by atoms with Gasteiger partial charge < -0.3 is 5.32 Å². The Kier molecular flexibility index (Phi) is 5.27. The van der Waals surface area contributed by atoms with E-state index in [0.29, 0.717) is 19.6 Å². The molecule has 2 aliphatic heterocycles. The topological polar surface area (TPSA) is 52.7 Å². The SMILES string of the molecule is C[C@@H]1CNCCN1S(=O)(=O)N1CCc2ccccc2C1.Cl. The molecule has 1 fully saturated rings. The number of nitrogens with one attached hydrogen (secondary N) is 1. The van der Waals surface area contributed by atoms with Gasteiger partial charge in [-0.15, -0.1) is 12.4 Å². The molecule has 3 rings (SSSR count). The summed E-state index contributed by atoms with van der Waals surface area (Å²) in [4.78, 5) is 0. The molecule has 1 N–H and O–H groups in total. The van der Waals surface area contributed by atoms with Crippen LogP contribution in [0.25, 0.3) is 0 Å². The molecule has 118 valence electrons. The van der Waals surface area contributed by atoms with E-state index in [2.05, 4.69) is 11.4 Å². The molecule has 1 atom stereocenters. The Labute approximate surface area is 132 Å². The summed E-state index contributed by atoms with van der Waals surface area (Å²) < 4.78 is 28.8. The second-order valence-corrected chi connectivity index (χ2v) is 7.40. The lowest BCUT2D eigenvalue weighted by atomic mass is 10.0. The first-order valence-electron chi connectivity index (χ1n) is 7.13. The zero-order chi connectivity index (χ0) is 14.2. The molecule has 2 aliphatic rings. The van der Waals surface area contributed by atoms with Gasteiger partial charge in [-0.05, 0) is 24.5 Å². The van der Waals surface area contributed by atoms with Crippen LogP contribution in [0.5, 0.6) is 0 Å². The first kappa shape index (κ1) is 16.7. The Morgan fingerprint density at radius 1 is 1.19 bits per heavy atom. The minimum atomic E-state index is -3.35. The second kappa shape index (κ2) is 6.62. The molecular formula is C14H22ClN3O2S. The van der Waals surface area contributed by atoms with Crippen LogP contribution in [0.2, 0.25) is 0 Å². The third kappa shape index (κ3) is 3.24. The van der Waals surface area contributed by atoms with E-state index in [9.17, 15) is 8.42 Å². The average Bonchev–Trinajstić information content (AvgIpc) is 2.47. The van der Waals surface area contributed by atoms with Crippen molar-refractivity contribution in [3.8, 4) is 0 Å². The molecule has 0 bridgehead atoms. The molecule has 1 saturated heterocycles. The predicted molar refractivity (Wildman–Crippen MR) is 85.8 cm³/mol. The third-order valence-corrected chi connectivity index (χ3v) is 6.26. The van der Waals surface area contributed by atoms with E-state index in [1.165, 1.54) is 5.56 Å². The minimum absolute atomic E-state index is 0. The molecule has 0 aromatic heterocycles. The molecule has 5 nitrogen and oxygen atoms in total. The highest BCUT2D eigenvalue weighted by Gasteiger charge is 2.35. The van der Waals surface area contributed by atoms with Crippen molar-refractivity contribution in [1.82, 2.24) is 13.9 Å². The fourth-order valence-electron chi connectivity index (χ4n) is 2.98. The monoisotopic (exact) mass is 331 g/mol. The first-order chi connectivity index (χ1) is 9.59. The molecule has 1 aromatic carbocycles. The molecule has 0 radical (unpaired) electrons. The number of halogens is 1. The van der Waals surface area contributed by atoms with Crippen LogP contribution in [0.3, 0.4) is 0 Å². The third-order valence-electron chi connectivity index (χ3n) is 4.16. The van der Waals surface area contributed by atoms with Gasteiger partial charge in [0.25, 0.3) is 10.2 Å². The highest BCUT2D eigenvalue weighted by Crippen LogP contribution is 2.23. The van der Waals surface area contributed by atoms with E-state index >= 15 is 0 Å². The standard InChI is InChI=1S/C14H21N3O2S.ClH/c1-12-10-15-7-9-17(12)20(18,19)16-8-6-13-4-2-3-5-14(13)11-16;/h2-5,12,15H,6-11H2,1H3;1H/t12-;/m1./s1. The smallest absolute Gasteiger partial charge is 0.282 e. The number of hydrogen-bond donors (Lipinski definition) is 1. The molecule has 0 spiro atoms. The van der Waals surface area contributed by atoms with Crippen LogP contribution in [-0.4, -0.2) is 49.2 Å². The van der Waals surface area contributed by atoms with E-state index < -0.39 is 10.2 Å².